The molecule has 0 aliphatic carbocycles. The van der Waals surface area contributed by atoms with E-state index in [-0.39, 0.29) is 18.4 Å². The lowest BCUT2D eigenvalue weighted by molar-refractivity contribution is 0.325. The van der Waals surface area contributed by atoms with Crippen LogP contribution < -0.4 is 5.73 Å². The number of benzene rings is 1. The SMILES string of the molecule is Cl.N[C@@H]1CCN(Cc2cc(F)cc(F)c2)C1. The largest absolute Gasteiger partial charge is 0.326 e. The number of likely N-dealkylation sites (tertiary alicyclic amines) is 1. The van der Waals surface area contributed by atoms with Crippen LogP contribution in [0.4, 0.5) is 8.78 Å². The van der Waals surface area contributed by atoms with Gasteiger partial charge in [0, 0.05) is 31.7 Å². The summed E-state index contributed by atoms with van der Waals surface area (Å²) >= 11 is 0. The monoisotopic (exact) mass is 248 g/mol. The van der Waals surface area contributed by atoms with Crippen LogP contribution in [0.15, 0.2) is 18.2 Å². The van der Waals surface area contributed by atoms with Crippen molar-refractivity contribution >= 4 is 12.4 Å². The van der Waals surface area contributed by atoms with Crippen molar-refractivity contribution in [2.24, 2.45) is 5.73 Å². The standard InChI is InChI=1S/C11H14F2N2.ClH/c12-9-3-8(4-10(13)5-9)6-15-2-1-11(14)7-15;/h3-5,11H,1-2,6-7,14H2;1H/t11-;/m1./s1. The van der Waals surface area contributed by atoms with Gasteiger partial charge in [0.1, 0.15) is 11.6 Å². The number of rotatable bonds is 2. The summed E-state index contributed by atoms with van der Waals surface area (Å²) in [5, 5.41) is 0. The van der Waals surface area contributed by atoms with Gasteiger partial charge in [-0.25, -0.2) is 8.78 Å². The maximum atomic E-state index is 12.9. The quantitative estimate of drug-likeness (QED) is 0.867. The topological polar surface area (TPSA) is 29.3 Å². The molecule has 0 aromatic heterocycles. The Bertz CT molecular complexity index is 340. The fraction of sp³-hybridized carbons (Fsp3) is 0.455. The second-order valence-electron chi connectivity index (χ2n) is 4.06. The molecule has 1 aliphatic rings. The molecule has 16 heavy (non-hydrogen) atoms. The molecule has 0 bridgehead atoms. The first-order valence-electron chi connectivity index (χ1n) is 5.06. The summed E-state index contributed by atoms with van der Waals surface area (Å²) < 4.78 is 25.8. The van der Waals surface area contributed by atoms with E-state index in [2.05, 4.69) is 4.90 Å². The van der Waals surface area contributed by atoms with Crippen molar-refractivity contribution < 1.29 is 8.78 Å². The number of nitrogens with zero attached hydrogens (tertiary/aromatic N) is 1. The molecule has 2 N–H and O–H groups in total. The van der Waals surface area contributed by atoms with Crippen molar-refractivity contribution in [1.29, 1.82) is 0 Å². The predicted molar refractivity (Wildman–Crippen MR) is 61.5 cm³/mol. The second-order valence-corrected chi connectivity index (χ2v) is 4.06. The van der Waals surface area contributed by atoms with E-state index in [9.17, 15) is 8.78 Å². The van der Waals surface area contributed by atoms with Gasteiger partial charge in [-0.15, -0.1) is 12.4 Å². The van der Waals surface area contributed by atoms with Crippen molar-refractivity contribution in [2.75, 3.05) is 13.1 Å². The van der Waals surface area contributed by atoms with Crippen molar-refractivity contribution in [3.8, 4) is 0 Å². The highest BCUT2D eigenvalue weighted by Gasteiger charge is 2.19. The Morgan fingerprint density at radius 3 is 2.38 bits per heavy atom. The highest BCUT2D eigenvalue weighted by atomic mass is 35.5. The molecule has 0 spiro atoms. The lowest BCUT2D eigenvalue weighted by Gasteiger charge is -2.15. The van der Waals surface area contributed by atoms with E-state index < -0.39 is 11.6 Å². The lowest BCUT2D eigenvalue weighted by atomic mass is 10.2. The molecule has 0 unspecified atom stereocenters. The van der Waals surface area contributed by atoms with E-state index in [4.69, 9.17) is 5.73 Å². The minimum absolute atomic E-state index is 0. The Hall–Kier alpha value is -0.710. The van der Waals surface area contributed by atoms with Gasteiger partial charge in [0.15, 0.2) is 0 Å². The van der Waals surface area contributed by atoms with E-state index in [1.54, 1.807) is 0 Å². The van der Waals surface area contributed by atoms with Gasteiger partial charge in [-0.05, 0) is 24.1 Å². The first-order chi connectivity index (χ1) is 7.13. The number of halogens is 3. The molecular weight excluding hydrogens is 234 g/mol. The molecule has 1 aromatic carbocycles. The molecular formula is C11H15ClF2N2. The molecule has 5 heteroatoms. The molecule has 0 amide bonds. The first-order valence-corrected chi connectivity index (χ1v) is 5.06. The molecule has 1 atom stereocenters. The lowest BCUT2D eigenvalue weighted by Crippen LogP contribution is -2.26. The van der Waals surface area contributed by atoms with Crippen LogP contribution in [0.25, 0.3) is 0 Å². The van der Waals surface area contributed by atoms with E-state index in [1.807, 2.05) is 0 Å². The zero-order chi connectivity index (χ0) is 10.8. The van der Waals surface area contributed by atoms with E-state index >= 15 is 0 Å². The minimum Gasteiger partial charge on any atom is -0.326 e. The second kappa shape index (κ2) is 5.57. The average Bonchev–Trinajstić information content (AvgIpc) is 2.49. The van der Waals surface area contributed by atoms with Crippen LogP contribution >= 0.6 is 12.4 Å². The first kappa shape index (κ1) is 13.4. The summed E-state index contributed by atoms with van der Waals surface area (Å²) in [6, 6.07) is 3.82. The highest BCUT2D eigenvalue weighted by molar-refractivity contribution is 5.85. The van der Waals surface area contributed by atoms with Gasteiger partial charge < -0.3 is 5.73 Å². The Morgan fingerprint density at radius 2 is 1.88 bits per heavy atom. The third kappa shape index (κ3) is 3.40. The molecule has 1 aromatic rings. The van der Waals surface area contributed by atoms with Crippen LogP contribution in [-0.2, 0) is 6.54 Å². The van der Waals surface area contributed by atoms with E-state index in [0.717, 1.165) is 25.6 Å². The molecule has 2 rings (SSSR count). The third-order valence-corrected chi connectivity index (χ3v) is 2.64. The van der Waals surface area contributed by atoms with Crippen LogP contribution in [0.2, 0.25) is 0 Å². The van der Waals surface area contributed by atoms with Gasteiger partial charge >= 0.3 is 0 Å². The van der Waals surface area contributed by atoms with Crippen LogP contribution in [0.5, 0.6) is 0 Å². The van der Waals surface area contributed by atoms with E-state index in [0.29, 0.717) is 12.1 Å². The Labute approximate surface area is 99.8 Å². The molecule has 0 radical (unpaired) electrons. The Morgan fingerprint density at radius 1 is 1.25 bits per heavy atom. The summed E-state index contributed by atoms with van der Waals surface area (Å²) in [5.41, 5.74) is 6.42. The molecule has 1 saturated heterocycles. The maximum absolute atomic E-state index is 12.9. The van der Waals surface area contributed by atoms with Crippen molar-refractivity contribution in [3.63, 3.8) is 0 Å². The highest BCUT2D eigenvalue weighted by Crippen LogP contribution is 2.14. The van der Waals surface area contributed by atoms with Crippen molar-refractivity contribution in [3.05, 3.63) is 35.4 Å². The number of hydrogen-bond donors (Lipinski definition) is 1. The smallest absolute Gasteiger partial charge is 0.126 e. The summed E-state index contributed by atoms with van der Waals surface area (Å²) in [6.07, 6.45) is 0.956. The van der Waals surface area contributed by atoms with Gasteiger partial charge in [-0.2, -0.15) is 0 Å². The molecule has 1 fully saturated rings. The van der Waals surface area contributed by atoms with Gasteiger partial charge in [-0.3, -0.25) is 4.90 Å². The minimum atomic E-state index is -0.520. The zero-order valence-electron chi connectivity index (χ0n) is 8.83. The maximum Gasteiger partial charge on any atom is 0.126 e. The average molecular weight is 249 g/mol. The molecule has 90 valence electrons. The Balaban J connectivity index is 0.00000128. The predicted octanol–water partition coefficient (Wildman–Crippen LogP) is 1.92. The van der Waals surface area contributed by atoms with Crippen molar-refractivity contribution in [1.82, 2.24) is 4.90 Å². The molecule has 0 saturated carbocycles. The van der Waals surface area contributed by atoms with Crippen LogP contribution in [0.3, 0.4) is 0 Å². The summed E-state index contributed by atoms with van der Waals surface area (Å²) in [5.74, 6) is -1.04. The van der Waals surface area contributed by atoms with Gasteiger partial charge in [0.25, 0.3) is 0 Å². The van der Waals surface area contributed by atoms with Crippen LogP contribution in [0.1, 0.15) is 12.0 Å². The fourth-order valence-electron chi connectivity index (χ4n) is 1.97. The molecule has 1 heterocycles. The molecule has 1 aliphatic heterocycles. The summed E-state index contributed by atoms with van der Waals surface area (Å²) in [4.78, 5) is 2.11. The van der Waals surface area contributed by atoms with Crippen LogP contribution in [0, 0.1) is 11.6 Å². The molecule has 2 nitrogen and oxygen atoms in total. The normalized spacial score (nSPS) is 20.8. The van der Waals surface area contributed by atoms with Gasteiger partial charge in [-0.1, -0.05) is 0 Å². The van der Waals surface area contributed by atoms with E-state index in [1.165, 1.54) is 12.1 Å². The zero-order valence-corrected chi connectivity index (χ0v) is 9.64. The summed E-state index contributed by atoms with van der Waals surface area (Å²) in [6.45, 7) is 2.28. The van der Waals surface area contributed by atoms with Gasteiger partial charge in [0.05, 0.1) is 0 Å². The number of nitrogens with two attached hydrogens (primary N) is 1. The number of hydrogen-bond acceptors (Lipinski definition) is 2. The Kier molecular flexibility index (Phi) is 4.65. The fourth-order valence-corrected chi connectivity index (χ4v) is 1.97. The summed E-state index contributed by atoms with van der Waals surface area (Å²) in [7, 11) is 0. The third-order valence-electron chi connectivity index (χ3n) is 2.64. The van der Waals surface area contributed by atoms with Crippen LogP contribution in [-0.4, -0.2) is 24.0 Å². The van der Waals surface area contributed by atoms with Crippen molar-refractivity contribution in [2.45, 2.75) is 19.0 Å². The van der Waals surface area contributed by atoms with Gasteiger partial charge in [0.2, 0.25) is 0 Å².